The van der Waals surface area contributed by atoms with Gasteiger partial charge in [0.1, 0.15) is 5.15 Å². The van der Waals surface area contributed by atoms with Crippen LogP contribution in [-0.2, 0) is 19.4 Å². The first-order valence-electron chi connectivity index (χ1n) is 7.37. The minimum absolute atomic E-state index is 0.0280. The van der Waals surface area contributed by atoms with Crippen molar-refractivity contribution in [3.05, 3.63) is 28.0 Å². The lowest BCUT2D eigenvalue weighted by molar-refractivity contribution is -0.134. The SMILES string of the molecule is Cc1cc(C)c(C(=O)OCC(=O)N(C)[C@H]2CCS(=O)(=O)C2)c(Cl)n1. The maximum atomic E-state index is 12.1. The Kier molecular flexibility index (Phi) is 5.49. The standard InChI is InChI=1S/C15H19ClN2O5S/c1-9-6-10(2)17-14(16)13(9)15(20)23-7-12(19)18(3)11-4-5-24(21,22)8-11/h6,11H,4-5,7-8H2,1-3H3/t11-/m0/s1. The fourth-order valence-electron chi connectivity index (χ4n) is 2.62. The average molecular weight is 375 g/mol. The Morgan fingerprint density at radius 1 is 1.42 bits per heavy atom. The van der Waals surface area contributed by atoms with E-state index in [1.807, 2.05) is 0 Å². The summed E-state index contributed by atoms with van der Waals surface area (Å²) in [6.45, 7) is 2.98. The second-order valence-electron chi connectivity index (χ2n) is 5.88. The van der Waals surface area contributed by atoms with Gasteiger partial charge in [-0.15, -0.1) is 0 Å². The van der Waals surface area contributed by atoms with E-state index in [1.165, 1.54) is 11.9 Å². The molecular weight excluding hydrogens is 356 g/mol. The zero-order valence-electron chi connectivity index (χ0n) is 13.7. The molecule has 0 spiro atoms. The fourth-order valence-corrected chi connectivity index (χ4v) is 4.76. The molecule has 0 unspecified atom stereocenters. The highest BCUT2D eigenvalue weighted by Crippen LogP contribution is 2.20. The third-order valence-corrected chi connectivity index (χ3v) is 6.00. The second-order valence-corrected chi connectivity index (χ2v) is 8.47. The first-order chi connectivity index (χ1) is 11.1. The molecule has 1 saturated heterocycles. The monoisotopic (exact) mass is 374 g/mol. The van der Waals surface area contributed by atoms with Gasteiger partial charge in [-0.3, -0.25) is 4.79 Å². The summed E-state index contributed by atoms with van der Waals surface area (Å²) in [6.07, 6.45) is 0.394. The van der Waals surface area contributed by atoms with Gasteiger partial charge >= 0.3 is 5.97 Å². The lowest BCUT2D eigenvalue weighted by Crippen LogP contribution is -2.40. The van der Waals surface area contributed by atoms with E-state index >= 15 is 0 Å². The summed E-state index contributed by atoms with van der Waals surface area (Å²) >= 11 is 5.97. The van der Waals surface area contributed by atoms with Crippen molar-refractivity contribution in [2.24, 2.45) is 0 Å². The number of pyridine rings is 1. The van der Waals surface area contributed by atoms with Gasteiger partial charge in [-0.1, -0.05) is 11.6 Å². The van der Waals surface area contributed by atoms with Crippen molar-refractivity contribution >= 4 is 33.3 Å². The topological polar surface area (TPSA) is 93.6 Å². The summed E-state index contributed by atoms with van der Waals surface area (Å²) in [7, 11) is -1.58. The average Bonchev–Trinajstić information content (AvgIpc) is 2.83. The van der Waals surface area contributed by atoms with Gasteiger partial charge in [0, 0.05) is 18.8 Å². The molecule has 1 atom stereocenters. The number of ether oxygens (including phenoxy) is 1. The van der Waals surface area contributed by atoms with Crippen LogP contribution in [0.25, 0.3) is 0 Å². The van der Waals surface area contributed by atoms with E-state index in [2.05, 4.69) is 4.98 Å². The van der Waals surface area contributed by atoms with Crippen LogP contribution in [0.1, 0.15) is 28.0 Å². The summed E-state index contributed by atoms with van der Waals surface area (Å²) in [5, 5.41) is 0.0280. The summed E-state index contributed by atoms with van der Waals surface area (Å²) in [5.74, 6) is -1.18. The fraction of sp³-hybridized carbons (Fsp3) is 0.533. The van der Waals surface area contributed by atoms with Crippen LogP contribution in [0.15, 0.2) is 6.07 Å². The van der Waals surface area contributed by atoms with Crippen molar-refractivity contribution in [2.75, 3.05) is 25.2 Å². The van der Waals surface area contributed by atoms with Crippen LogP contribution in [0.4, 0.5) is 0 Å². The Morgan fingerprint density at radius 3 is 2.62 bits per heavy atom. The molecule has 24 heavy (non-hydrogen) atoms. The molecule has 1 fully saturated rings. The van der Waals surface area contributed by atoms with Crippen molar-refractivity contribution in [3.63, 3.8) is 0 Å². The third kappa shape index (κ3) is 4.24. The van der Waals surface area contributed by atoms with Gasteiger partial charge in [0.2, 0.25) is 0 Å². The number of rotatable bonds is 4. The Hall–Kier alpha value is -1.67. The molecule has 0 radical (unpaired) electrons. The molecule has 0 aliphatic carbocycles. The Bertz CT molecular complexity index is 755. The highest BCUT2D eigenvalue weighted by atomic mass is 35.5. The Balaban J connectivity index is 1.98. The van der Waals surface area contributed by atoms with Gasteiger partial charge in [0.25, 0.3) is 5.91 Å². The van der Waals surface area contributed by atoms with Crippen LogP contribution in [0.3, 0.4) is 0 Å². The van der Waals surface area contributed by atoms with E-state index in [1.54, 1.807) is 19.9 Å². The first-order valence-corrected chi connectivity index (χ1v) is 9.57. The largest absolute Gasteiger partial charge is 0.452 e. The molecule has 1 amide bonds. The predicted octanol–water partition coefficient (Wildman–Crippen LogP) is 1.15. The number of esters is 1. The Labute approximate surface area is 145 Å². The molecule has 0 saturated carbocycles. The highest BCUT2D eigenvalue weighted by molar-refractivity contribution is 7.91. The molecule has 0 N–H and O–H groups in total. The second kappa shape index (κ2) is 7.06. The van der Waals surface area contributed by atoms with Crippen molar-refractivity contribution in [1.82, 2.24) is 9.88 Å². The van der Waals surface area contributed by atoms with Crippen molar-refractivity contribution in [3.8, 4) is 0 Å². The van der Waals surface area contributed by atoms with Crippen LogP contribution in [-0.4, -0.2) is 61.4 Å². The number of hydrogen-bond acceptors (Lipinski definition) is 6. The zero-order chi connectivity index (χ0) is 18.1. The van der Waals surface area contributed by atoms with Gasteiger partial charge in [-0.25, -0.2) is 18.2 Å². The summed E-state index contributed by atoms with van der Waals surface area (Å²) in [5.41, 5.74) is 1.41. The highest BCUT2D eigenvalue weighted by Gasteiger charge is 2.33. The van der Waals surface area contributed by atoms with Gasteiger partial charge < -0.3 is 9.64 Å². The molecule has 1 aromatic heterocycles. The number of nitrogens with zero attached hydrogens (tertiary/aromatic N) is 2. The van der Waals surface area contributed by atoms with Gasteiger partial charge in [0.05, 0.1) is 17.1 Å². The lowest BCUT2D eigenvalue weighted by Gasteiger charge is -2.23. The van der Waals surface area contributed by atoms with Crippen LogP contribution < -0.4 is 0 Å². The van der Waals surface area contributed by atoms with E-state index in [0.29, 0.717) is 17.7 Å². The molecule has 1 aliphatic heterocycles. The third-order valence-electron chi connectivity index (χ3n) is 3.98. The minimum atomic E-state index is -3.09. The number of aryl methyl sites for hydroxylation is 2. The smallest absolute Gasteiger partial charge is 0.342 e. The molecule has 0 bridgehead atoms. The maximum Gasteiger partial charge on any atom is 0.342 e. The number of halogens is 1. The quantitative estimate of drug-likeness (QED) is 0.579. The van der Waals surface area contributed by atoms with E-state index < -0.39 is 28.3 Å². The van der Waals surface area contributed by atoms with Gasteiger partial charge in [-0.2, -0.15) is 0 Å². The van der Waals surface area contributed by atoms with E-state index in [9.17, 15) is 18.0 Å². The van der Waals surface area contributed by atoms with Crippen LogP contribution in [0.2, 0.25) is 5.15 Å². The Morgan fingerprint density at radius 2 is 2.08 bits per heavy atom. The first kappa shape index (κ1) is 18.7. The normalized spacial score (nSPS) is 19.1. The molecule has 1 aromatic rings. The van der Waals surface area contributed by atoms with Crippen LogP contribution in [0.5, 0.6) is 0 Å². The summed E-state index contributed by atoms with van der Waals surface area (Å²) < 4.78 is 28.0. The predicted molar refractivity (Wildman–Crippen MR) is 88.8 cm³/mol. The minimum Gasteiger partial charge on any atom is -0.452 e. The lowest BCUT2D eigenvalue weighted by atomic mass is 10.1. The van der Waals surface area contributed by atoms with Crippen LogP contribution >= 0.6 is 11.6 Å². The van der Waals surface area contributed by atoms with E-state index in [0.717, 1.165) is 0 Å². The maximum absolute atomic E-state index is 12.1. The summed E-state index contributed by atoms with van der Waals surface area (Å²) in [4.78, 5) is 29.6. The number of aromatic nitrogens is 1. The summed E-state index contributed by atoms with van der Waals surface area (Å²) in [6, 6.07) is 1.31. The molecule has 9 heteroatoms. The molecule has 2 rings (SSSR count). The number of amides is 1. The van der Waals surface area contributed by atoms with Crippen LogP contribution in [0, 0.1) is 13.8 Å². The number of carbonyl (C=O) groups excluding carboxylic acids is 2. The molecule has 132 valence electrons. The number of likely N-dealkylation sites (N-methyl/N-ethyl adjacent to an activating group) is 1. The molecule has 0 aromatic carbocycles. The molecular formula is C15H19ClN2O5S. The van der Waals surface area contributed by atoms with Gasteiger partial charge in [0.15, 0.2) is 16.4 Å². The van der Waals surface area contributed by atoms with E-state index in [-0.39, 0.29) is 28.3 Å². The molecule has 1 aliphatic rings. The van der Waals surface area contributed by atoms with E-state index in [4.69, 9.17) is 16.3 Å². The molecule has 7 nitrogen and oxygen atoms in total. The van der Waals surface area contributed by atoms with Crippen molar-refractivity contribution < 1.29 is 22.7 Å². The number of hydrogen-bond donors (Lipinski definition) is 0. The number of sulfone groups is 1. The van der Waals surface area contributed by atoms with Crippen molar-refractivity contribution in [2.45, 2.75) is 26.3 Å². The van der Waals surface area contributed by atoms with Crippen molar-refractivity contribution in [1.29, 1.82) is 0 Å². The van der Waals surface area contributed by atoms with Gasteiger partial charge in [-0.05, 0) is 31.9 Å². The molecule has 2 heterocycles. The number of carbonyl (C=O) groups is 2. The zero-order valence-corrected chi connectivity index (χ0v) is 15.3.